The number of aliphatic hydroxyl groups is 1. The van der Waals surface area contributed by atoms with Crippen molar-refractivity contribution in [1.29, 1.82) is 0 Å². The lowest BCUT2D eigenvalue weighted by Crippen LogP contribution is -2.46. The number of hydrogen-bond donors (Lipinski definition) is 2. The van der Waals surface area contributed by atoms with Gasteiger partial charge in [-0.3, -0.25) is 4.79 Å². The molecule has 4 heteroatoms. The van der Waals surface area contributed by atoms with Crippen LogP contribution in [0, 0.1) is 5.41 Å². The molecule has 1 aliphatic carbocycles. The van der Waals surface area contributed by atoms with Crippen molar-refractivity contribution in [2.45, 2.75) is 45.1 Å². The number of rotatable bonds is 3. The molecule has 110 valence electrons. The molecular formula is C16H22ClNO2. The lowest BCUT2D eigenvalue weighted by molar-refractivity contribution is -0.0233. The highest BCUT2D eigenvalue weighted by molar-refractivity contribution is 6.33. The van der Waals surface area contributed by atoms with E-state index < -0.39 is 5.60 Å². The zero-order valence-electron chi connectivity index (χ0n) is 12.1. The molecule has 0 aromatic heterocycles. The van der Waals surface area contributed by atoms with E-state index in [4.69, 9.17) is 11.6 Å². The zero-order chi connectivity index (χ0) is 14.8. The van der Waals surface area contributed by atoms with Gasteiger partial charge in [0.2, 0.25) is 0 Å². The second kappa shape index (κ2) is 5.74. The molecular weight excluding hydrogens is 274 g/mol. The summed E-state index contributed by atoms with van der Waals surface area (Å²) < 4.78 is 0. The van der Waals surface area contributed by atoms with Gasteiger partial charge < -0.3 is 10.4 Å². The van der Waals surface area contributed by atoms with Gasteiger partial charge in [-0.15, -0.1) is 0 Å². The van der Waals surface area contributed by atoms with Crippen molar-refractivity contribution < 1.29 is 9.90 Å². The third-order valence-electron chi connectivity index (χ3n) is 4.23. The van der Waals surface area contributed by atoms with Crippen molar-refractivity contribution in [2.24, 2.45) is 5.41 Å². The number of halogens is 1. The Morgan fingerprint density at radius 1 is 1.25 bits per heavy atom. The third kappa shape index (κ3) is 3.74. The van der Waals surface area contributed by atoms with Crippen LogP contribution in [-0.2, 0) is 0 Å². The standard InChI is InChI=1S/C16H22ClNO2/c1-15(2)7-9-16(20,10-8-15)11-18-14(19)12-5-3-4-6-13(12)17/h3-6,20H,7-11H2,1-2H3,(H,18,19). The fraction of sp³-hybridized carbons (Fsp3) is 0.562. The maximum Gasteiger partial charge on any atom is 0.252 e. The quantitative estimate of drug-likeness (QED) is 0.898. The molecule has 0 unspecified atom stereocenters. The summed E-state index contributed by atoms with van der Waals surface area (Å²) in [5.41, 5.74) is -0.0419. The number of hydrogen-bond acceptors (Lipinski definition) is 2. The summed E-state index contributed by atoms with van der Waals surface area (Å²) >= 11 is 5.99. The molecule has 3 nitrogen and oxygen atoms in total. The predicted molar refractivity (Wildman–Crippen MR) is 81.0 cm³/mol. The zero-order valence-corrected chi connectivity index (χ0v) is 12.8. The van der Waals surface area contributed by atoms with Crippen molar-refractivity contribution in [3.63, 3.8) is 0 Å². The van der Waals surface area contributed by atoms with Crippen LogP contribution in [0.2, 0.25) is 5.02 Å². The van der Waals surface area contributed by atoms with Gasteiger partial charge in [0.25, 0.3) is 5.91 Å². The Morgan fingerprint density at radius 2 is 1.85 bits per heavy atom. The first-order valence-electron chi connectivity index (χ1n) is 7.07. The van der Waals surface area contributed by atoms with E-state index in [-0.39, 0.29) is 12.5 Å². The first kappa shape index (κ1) is 15.3. The van der Waals surface area contributed by atoms with Gasteiger partial charge in [-0.05, 0) is 43.2 Å². The summed E-state index contributed by atoms with van der Waals surface area (Å²) in [6.07, 6.45) is 3.41. The van der Waals surface area contributed by atoms with Gasteiger partial charge in [-0.25, -0.2) is 0 Å². The van der Waals surface area contributed by atoms with E-state index in [0.717, 1.165) is 25.7 Å². The van der Waals surface area contributed by atoms with Crippen molar-refractivity contribution in [3.8, 4) is 0 Å². The lowest BCUT2D eigenvalue weighted by atomic mass is 9.71. The van der Waals surface area contributed by atoms with Crippen LogP contribution in [0.15, 0.2) is 24.3 Å². The molecule has 1 aromatic carbocycles. The van der Waals surface area contributed by atoms with Gasteiger partial charge in [-0.2, -0.15) is 0 Å². The van der Waals surface area contributed by atoms with Crippen LogP contribution in [0.1, 0.15) is 49.9 Å². The summed E-state index contributed by atoms with van der Waals surface area (Å²) in [7, 11) is 0. The number of amides is 1. The lowest BCUT2D eigenvalue weighted by Gasteiger charge is -2.40. The topological polar surface area (TPSA) is 49.3 Å². The normalized spacial score (nSPS) is 20.4. The molecule has 0 spiro atoms. The molecule has 1 aliphatic rings. The Morgan fingerprint density at radius 3 is 2.45 bits per heavy atom. The SMILES string of the molecule is CC1(C)CCC(O)(CNC(=O)c2ccccc2Cl)CC1. The minimum Gasteiger partial charge on any atom is -0.388 e. The Bertz CT molecular complexity index is 489. The second-order valence-electron chi connectivity index (χ2n) is 6.55. The largest absolute Gasteiger partial charge is 0.388 e. The van der Waals surface area contributed by atoms with Crippen LogP contribution < -0.4 is 5.32 Å². The fourth-order valence-corrected chi connectivity index (χ4v) is 2.78. The van der Waals surface area contributed by atoms with E-state index in [1.54, 1.807) is 24.3 Å². The van der Waals surface area contributed by atoms with Crippen molar-refractivity contribution in [2.75, 3.05) is 6.54 Å². The van der Waals surface area contributed by atoms with Crippen molar-refractivity contribution in [3.05, 3.63) is 34.9 Å². The van der Waals surface area contributed by atoms with Crippen molar-refractivity contribution >= 4 is 17.5 Å². The van der Waals surface area contributed by atoms with Gasteiger partial charge in [0.05, 0.1) is 16.2 Å². The fourth-order valence-electron chi connectivity index (χ4n) is 2.55. The minimum atomic E-state index is -0.785. The Balaban J connectivity index is 1.92. The Labute approximate surface area is 125 Å². The van der Waals surface area contributed by atoms with Gasteiger partial charge in [0.1, 0.15) is 0 Å². The number of nitrogens with one attached hydrogen (secondary N) is 1. The van der Waals surface area contributed by atoms with Crippen LogP contribution in [0.25, 0.3) is 0 Å². The first-order valence-corrected chi connectivity index (χ1v) is 7.44. The first-order chi connectivity index (χ1) is 9.31. The molecule has 0 aliphatic heterocycles. The molecule has 20 heavy (non-hydrogen) atoms. The molecule has 0 bridgehead atoms. The highest BCUT2D eigenvalue weighted by atomic mass is 35.5. The average molecular weight is 296 g/mol. The molecule has 0 atom stereocenters. The van der Waals surface area contributed by atoms with E-state index in [9.17, 15) is 9.90 Å². The predicted octanol–water partition coefficient (Wildman–Crippen LogP) is 3.40. The maximum atomic E-state index is 12.1. The average Bonchev–Trinajstić information content (AvgIpc) is 2.41. The van der Waals surface area contributed by atoms with E-state index in [0.29, 0.717) is 16.0 Å². The molecule has 0 radical (unpaired) electrons. The summed E-state index contributed by atoms with van der Waals surface area (Å²) in [5, 5.41) is 13.8. The van der Waals surface area contributed by atoms with Crippen molar-refractivity contribution in [1.82, 2.24) is 5.32 Å². The van der Waals surface area contributed by atoms with E-state index in [1.165, 1.54) is 0 Å². The van der Waals surface area contributed by atoms with Crippen LogP contribution in [-0.4, -0.2) is 23.2 Å². The van der Waals surface area contributed by atoms with E-state index in [1.807, 2.05) is 0 Å². The summed E-state index contributed by atoms with van der Waals surface area (Å²) in [5.74, 6) is -0.228. The monoisotopic (exact) mass is 295 g/mol. The van der Waals surface area contributed by atoms with E-state index in [2.05, 4.69) is 19.2 Å². The van der Waals surface area contributed by atoms with Crippen LogP contribution >= 0.6 is 11.6 Å². The molecule has 1 aromatic rings. The minimum absolute atomic E-state index is 0.228. The third-order valence-corrected chi connectivity index (χ3v) is 4.56. The maximum absolute atomic E-state index is 12.1. The van der Waals surface area contributed by atoms with Gasteiger partial charge in [-0.1, -0.05) is 37.6 Å². The molecule has 1 fully saturated rings. The summed E-state index contributed by atoms with van der Waals surface area (Å²) in [6.45, 7) is 4.72. The second-order valence-corrected chi connectivity index (χ2v) is 6.96. The number of carbonyl (C=O) groups is 1. The Kier molecular flexibility index (Phi) is 4.40. The van der Waals surface area contributed by atoms with Crippen LogP contribution in [0.3, 0.4) is 0 Å². The van der Waals surface area contributed by atoms with Gasteiger partial charge in [0.15, 0.2) is 0 Å². The summed E-state index contributed by atoms with van der Waals surface area (Å²) in [4.78, 5) is 12.1. The molecule has 1 amide bonds. The van der Waals surface area contributed by atoms with E-state index >= 15 is 0 Å². The summed E-state index contributed by atoms with van der Waals surface area (Å²) in [6, 6.07) is 6.94. The molecule has 0 heterocycles. The molecule has 2 N–H and O–H groups in total. The van der Waals surface area contributed by atoms with Crippen LogP contribution in [0.5, 0.6) is 0 Å². The Hall–Kier alpha value is -1.06. The molecule has 1 saturated carbocycles. The molecule has 0 saturated heterocycles. The number of benzene rings is 1. The smallest absolute Gasteiger partial charge is 0.252 e. The highest BCUT2D eigenvalue weighted by Gasteiger charge is 2.36. The number of carbonyl (C=O) groups excluding carboxylic acids is 1. The van der Waals surface area contributed by atoms with Gasteiger partial charge in [0, 0.05) is 6.54 Å². The van der Waals surface area contributed by atoms with Gasteiger partial charge >= 0.3 is 0 Å². The van der Waals surface area contributed by atoms with Crippen LogP contribution in [0.4, 0.5) is 0 Å². The molecule has 2 rings (SSSR count). The highest BCUT2D eigenvalue weighted by Crippen LogP contribution is 2.39.